The van der Waals surface area contributed by atoms with Crippen molar-refractivity contribution < 1.29 is 9.53 Å². The molecule has 0 saturated heterocycles. The number of aryl methyl sites for hydroxylation is 3. The topological polar surface area (TPSA) is 76.1 Å². The molecule has 6 nitrogen and oxygen atoms in total. The molecule has 0 amide bonds. The number of nitrogens with zero attached hydrogens (tertiary/aromatic N) is 2. The smallest absolute Gasteiger partial charge is 0.338 e. The van der Waals surface area contributed by atoms with Crippen LogP contribution in [0.25, 0.3) is 0 Å². The molecule has 2 N–H and O–H groups in total. The van der Waals surface area contributed by atoms with E-state index in [4.69, 9.17) is 4.74 Å². The first kappa shape index (κ1) is 19.4. The molecule has 0 unspecified atom stereocenters. The minimum absolute atomic E-state index is 0.333. The average Bonchev–Trinajstić information content (AvgIpc) is 2.64. The van der Waals surface area contributed by atoms with Crippen molar-refractivity contribution in [3.05, 3.63) is 70.9 Å². The molecule has 0 aliphatic rings. The van der Waals surface area contributed by atoms with Gasteiger partial charge in [-0.2, -0.15) is 4.98 Å². The number of benzene rings is 2. The minimum Gasteiger partial charge on any atom is -0.462 e. The fourth-order valence-electron chi connectivity index (χ4n) is 2.81. The monoisotopic (exact) mass is 376 g/mol. The van der Waals surface area contributed by atoms with Crippen LogP contribution >= 0.6 is 0 Å². The van der Waals surface area contributed by atoms with E-state index in [9.17, 15) is 4.79 Å². The second kappa shape index (κ2) is 8.52. The Balaban J connectivity index is 1.77. The summed E-state index contributed by atoms with van der Waals surface area (Å²) in [5, 5.41) is 6.53. The van der Waals surface area contributed by atoms with Gasteiger partial charge >= 0.3 is 5.97 Å². The van der Waals surface area contributed by atoms with Gasteiger partial charge in [0, 0.05) is 23.1 Å². The maximum absolute atomic E-state index is 11.8. The van der Waals surface area contributed by atoms with E-state index < -0.39 is 0 Å². The van der Waals surface area contributed by atoms with Crippen LogP contribution in [0.2, 0.25) is 0 Å². The number of ether oxygens (including phenoxy) is 1. The highest BCUT2D eigenvalue weighted by molar-refractivity contribution is 5.89. The first-order valence-corrected chi connectivity index (χ1v) is 9.19. The fraction of sp³-hybridized carbons (Fsp3) is 0.227. The van der Waals surface area contributed by atoms with Crippen LogP contribution in [0.15, 0.2) is 48.5 Å². The summed E-state index contributed by atoms with van der Waals surface area (Å²) >= 11 is 0. The van der Waals surface area contributed by atoms with Gasteiger partial charge in [0.2, 0.25) is 5.95 Å². The zero-order valence-electron chi connectivity index (χ0n) is 16.5. The Bertz CT molecular complexity index is 984. The van der Waals surface area contributed by atoms with Crippen molar-refractivity contribution in [3.8, 4) is 0 Å². The van der Waals surface area contributed by atoms with Gasteiger partial charge < -0.3 is 15.4 Å². The lowest BCUT2D eigenvalue weighted by Gasteiger charge is -2.12. The van der Waals surface area contributed by atoms with Crippen LogP contribution in [0.1, 0.15) is 34.1 Å². The molecule has 0 fully saturated rings. The van der Waals surface area contributed by atoms with Crippen molar-refractivity contribution in [3.63, 3.8) is 0 Å². The summed E-state index contributed by atoms with van der Waals surface area (Å²) in [5.74, 6) is 0.863. The number of anilines is 4. The molecule has 0 saturated carbocycles. The van der Waals surface area contributed by atoms with Gasteiger partial charge in [-0.15, -0.1) is 0 Å². The van der Waals surface area contributed by atoms with Crippen LogP contribution in [0.4, 0.5) is 23.1 Å². The lowest BCUT2D eigenvalue weighted by Crippen LogP contribution is -2.05. The number of hydrogen-bond acceptors (Lipinski definition) is 6. The number of nitrogens with one attached hydrogen (secondary N) is 2. The van der Waals surface area contributed by atoms with E-state index in [2.05, 4.69) is 46.6 Å². The predicted octanol–water partition coefficient (Wildman–Crippen LogP) is 5.07. The van der Waals surface area contributed by atoms with Gasteiger partial charge in [-0.25, -0.2) is 9.78 Å². The van der Waals surface area contributed by atoms with Crippen LogP contribution in [0.3, 0.4) is 0 Å². The summed E-state index contributed by atoms with van der Waals surface area (Å²) in [6, 6.07) is 15.2. The minimum atomic E-state index is -0.333. The van der Waals surface area contributed by atoms with Crippen molar-refractivity contribution in [2.75, 3.05) is 17.2 Å². The maximum Gasteiger partial charge on any atom is 0.338 e. The lowest BCUT2D eigenvalue weighted by molar-refractivity contribution is 0.0526. The van der Waals surface area contributed by atoms with Gasteiger partial charge in [-0.3, -0.25) is 0 Å². The van der Waals surface area contributed by atoms with Crippen LogP contribution in [-0.2, 0) is 4.74 Å². The molecule has 2 aromatic carbocycles. The normalized spacial score (nSPS) is 10.4. The second-order valence-corrected chi connectivity index (χ2v) is 6.58. The van der Waals surface area contributed by atoms with E-state index in [-0.39, 0.29) is 5.97 Å². The SMILES string of the molecule is CCOC(=O)c1ccc(Nc2nc(C)cc(Nc3ccc(C)cc3C)n2)cc1. The number of rotatable bonds is 6. The Kier molecular flexibility index (Phi) is 5.89. The third kappa shape index (κ3) is 4.85. The summed E-state index contributed by atoms with van der Waals surface area (Å²) in [4.78, 5) is 20.7. The molecular weight excluding hydrogens is 352 g/mol. The third-order valence-corrected chi connectivity index (χ3v) is 4.15. The Morgan fingerprint density at radius 3 is 2.39 bits per heavy atom. The molecule has 0 atom stereocenters. The molecule has 28 heavy (non-hydrogen) atoms. The molecule has 144 valence electrons. The van der Waals surface area contributed by atoms with Crippen molar-refractivity contribution >= 4 is 29.1 Å². The Labute approximate surface area is 165 Å². The number of esters is 1. The molecule has 3 aromatic rings. The molecule has 6 heteroatoms. The van der Waals surface area contributed by atoms with Gasteiger partial charge in [0.05, 0.1) is 12.2 Å². The fourth-order valence-corrected chi connectivity index (χ4v) is 2.81. The van der Waals surface area contributed by atoms with E-state index in [1.54, 1.807) is 31.2 Å². The quantitative estimate of drug-likeness (QED) is 0.585. The summed E-state index contributed by atoms with van der Waals surface area (Å²) in [7, 11) is 0. The molecule has 0 aliphatic carbocycles. The molecule has 3 rings (SSSR count). The Morgan fingerprint density at radius 2 is 1.71 bits per heavy atom. The summed E-state index contributed by atoms with van der Waals surface area (Å²) in [6.07, 6.45) is 0. The summed E-state index contributed by atoms with van der Waals surface area (Å²) in [6.45, 7) is 8.19. The molecule has 0 radical (unpaired) electrons. The number of carbonyl (C=O) groups is 1. The van der Waals surface area contributed by atoms with Crippen LogP contribution in [-0.4, -0.2) is 22.5 Å². The van der Waals surface area contributed by atoms with Crippen molar-refractivity contribution in [2.45, 2.75) is 27.7 Å². The highest BCUT2D eigenvalue weighted by Crippen LogP contribution is 2.22. The predicted molar refractivity (Wildman–Crippen MR) is 112 cm³/mol. The molecule has 0 aliphatic heterocycles. The van der Waals surface area contributed by atoms with E-state index in [0.717, 1.165) is 22.6 Å². The standard InChI is InChI=1S/C22H24N4O2/c1-5-28-21(27)17-7-9-18(10-8-17)24-22-23-16(4)13-20(26-22)25-19-11-6-14(2)12-15(19)3/h6-13H,5H2,1-4H3,(H2,23,24,25,26). The summed E-state index contributed by atoms with van der Waals surface area (Å²) in [5.41, 5.74) is 5.52. The first-order chi connectivity index (χ1) is 13.4. The van der Waals surface area contributed by atoms with Gasteiger partial charge in [0.1, 0.15) is 5.82 Å². The van der Waals surface area contributed by atoms with Crippen LogP contribution in [0, 0.1) is 20.8 Å². The number of hydrogen-bond donors (Lipinski definition) is 2. The van der Waals surface area contributed by atoms with Crippen LogP contribution < -0.4 is 10.6 Å². The van der Waals surface area contributed by atoms with Crippen molar-refractivity contribution in [2.24, 2.45) is 0 Å². The molecule has 0 spiro atoms. The lowest BCUT2D eigenvalue weighted by atomic mass is 10.1. The highest BCUT2D eigenvalue weighted by atomic mass is 16.5. The highest BCUT2D eigenvalue weighted by Gasteiger charge is 2.08. The molecule has 1 heterocycles. The van der Waals surface area contributed by atoms with Gasteiger partial charge in [-0.1, -0.05) is 17.7 Å². The van der Waals surface area contributed by atoms with E-state index in [0.29, 0.717) is 23.9 Å². The first-order valence-electron chi connectivity index (χ1n) is 9.19. The van der Waals surface area contributed by atoms with Crippen molar-refractivity contribution in [1.82, 2.24) is 9.97 Å². The summed E-state index contributed by atoms with van der Waals surface area (Å²) < 4.78 is 5.00. The van der Waals surface area contributed by atoms with E-state index >= 15 is 0 Å². The van der Waals surface area contributed by atoms with Crippen LogP contribution in [0.5, 0.6) is 0 Å². The Hall–Kier alpha value is -3.41. The zero-order valence-corrected chi connectivity index (χ0v) is 16.5. The average molecular weight is 376 g/mol. The Morgan fingerprint density at radius 1 is 0.964 bits per heavy atom. The van der Waals surface area contributed by atoms with Gasteiger partial charge in [0.25, 0.3) is 0 Å². The van der Waals surface area contributed by atoms with Gasteiger partial charge in [0.15, 0.2) is 0 Å². The molecular formula is C22H24N4O2. The number of carbonyl (C=O) groups excluding carboxylic acids is 1. The third-order valence-electron chi connectivity index (χ3n) is 4.15. The van der Waals surface area contributed by atoms with Crippen molar-refractivity contribution in [1.29, 1.82) is 0 Å². The second-order valence-electron chi connectivity index (χ2n) is 6.58. The van der Waals surface area contributed by atoms with E-state index in [1.807, 2.05) is 19.1 Å². The van der Waals surface area contributed by atoms with E-state index in [1.165, 1.54) is 5.56 Å². The zero-order chi connectivity index (χ0) is 20.1. The largest absolute Gasteiger partial charge is 0.462 e. The molecule has 0 bridgehead atoms. The maximum atomic E-state index is 11.8. The molecule has 1 aromatic heterocycles. The van der Waals surface area contributed by atoms with Gasteiger partial charge in [-0.05, 0) is 63.6 Å². The number of aromatic nitrogens is 2.